The SMILES string of the molecule is CCn1c(-c2ccc(C)cc2)c(C)sc1=NC(=O)c1ccccc1. The van der Waals surface area contributed by atoms with E-state index >= 15 is 0 Å². The third kappa shape index (κ3) is 3.24. The Labute approximate surface area is 145 Å². The zero-order chi connectivity index (χ0) is 17.1. The van der Waals surface area contributed by atoms with Crippen molar-refractivity contribution in [2.24, 2.45) is 4.99 Å². The number of amides is 1. The first kappa shape index (κ1) is 16.4. The molecular formula is C20H20N2OS. The van der Waals surface area contributed by atoms with E-state index in [1.807, 2.05) is 18.2 Å². The Morgan fingerprint density at radius 2 is 1.71 bits per heavy atom. The molecule has 0 saturated carbocycles. The first-order valence-electron chi connectivity index (χ1n) is 8.01. The Morgan fingerprint density at radius 1 is 1.04 bits per heavy atom. The van der Waals surface area contributed by atoms with Gasteiger partial charge >= 0.3 is 0 Å². The topological polar surface area (TPSA) is 34.4 Å². The molecule has 0 aliphatic rings. The van der Waals surface area contributed by atoms with Gasteiger partial charge in [-0.15, -0.1) is 11.3 Å². The minimum Gasteiger partial charge on any atom is -0.316 e. The summed E-state index contributed by atoms with van der Waals surface area (Å²) in [7, 11) is 0. The predicted octanol–water partition coefficient (Wildman–Crippen LogP) is 4.59. The molecule has 122 valence electrons. The summed E-state index contributed by atoms with van der Waals surface area (Å²) in [6.45, 7) is 7.01. The second kappa shape index (κ2) is 6.97. The van der Waals surface area contributed by atoms with Gasteiger partial charge in [0.1, 0.15) is 0 Å². The molecule has 0 saturated heterocycles. The summed E-state index contributed by atoms with van der Waals surface area (Å²) in [4.78, 5) is 18.7. The molecule has 0 aliphatic heterocycles. The fourth-order valence-electron chi connectivity index (χ4n) is 2.71. The van der Waals surface area contributed by atoms with Gasteiger partial charge in [-0.05, 0) is 38.5 Å². The lowest BCUT2D eigenvalue weighted by molar-refractivity contribution is 0.0998. The third-order valence-electron chi connectivity index (χ3n) is 3.94. The first-order chi connectivity index (χ1) is 11.6. The Bertz CT molecular complexity index is 919. The van der Waals surface area contributed by atoms with Gasteiger partial charge in [0.25, 0.3) is 5.91 Å². The molecule has 3 aromatic rings. The number of aryl methyl sites for hydroxylation is 2. The second-order valence-electron chi connectivity index (χ2n) is 5.68. The summed E-state index contributed by atoms with van der Waals surface area (Å²) < 4.78 is 2.12. The highest BCUT2D eigenvalue weighted by atomic mass is 32.1. The normalized spacial score (nSPS) is 11.7. The van der Waals surface area contributed by atoms with Crippen molar-refractivity contribution < 1.29 is 4.79 Å². The average Bonchev–Trinajstić information content (AvgIpc) is 2.91. The molecule has 2 aromatic carbocycles. The number of aromatic nitrogens is 1. The fraction of sp³-hybridized carbons (Fsp3) is 0.200. The van der Waals surface area contributed by atoms with Crippen LogP contribution in [0.2, 0.25) is 0 Å². The Hall–Kier alpha value is -2.46. The predicted molar refractivity (Wildman–Crippen MR) is 99.2 cm³/mol. The van der Waals surface area contributed by atoms with Gasteiger partial charge in [0.05, 0.1) is 5.69 Å². The molecule has 3 rings (SSSR count). The number of thiazole rings is 1. The maximum absolute atomic E-state index is 12.4. The van der Waals surface area contributed by atoms with Gasteiger partial charge in [0.15, 0.2) is 4.80 Å². The lowest BCUT2D eigenvalue weighted by atomic mass is 10.1. The summed E-state index contributed by atoms with van der Waals surface area (Å²) in [5.74, 6) is -0.200. The number of hydrogen-bond acceptors (Lipinski definition) is 2. The third-order valence-corrected chi connectivity index (χ3v) is 4.93. The first-order valence-corrected chi connectivity index (χ1v) is 8.83. The largest absolute Gasteiger partial charge is 0.316 e. The number of benzene rings is 2. The number of nitrogens with zero attached hydrogens (tertiary/aromatic N) is 2. The van der Waals surface area contributed by atoms with Crippen molar-refractivity contribution in [3.05, 3.63) is 75.4 Å². The zero-order valence-electron chi connectivity index (χ0n) is 14.1. The summed E-state index contributed by atoms with van der Waals surface area (Å²) in [5, 5.41) is 0. The van der Waals surface area contributed by atoms with Crippen LogP contribution < -0.4 is 4.80 Å². The van der Waals surface area contributed by atoms with Crippen molar-refractivity contribution in [1.29, 1.82) is 0 Å². The smallest absolute Gasteiger partial charge is 0.279 e. The average molecular weight is 336 g/mol. The van der Waals surface area contributed by atoms with E-state index in [4.69, 9.17) is 0 Å². The maximum Gasteiger partial charge on any atom is 0.279 e. The van der Waals surface area contributed by atoms with Crippen molar-refractivity contribution in [2.75, 3.05) is 0 Å². The molecule has 1 aromatic heterocycles. The van der Waals surface area contributed by atoms with Gasteiger partial charge in [0, 0.05) is 17.0 Å². The highest BCUT2D eigenvalue weighted by Gasteiger charge is 2.13. The van der Waals surface area contributed by atoms with E-state index in [0.717, 1.165) is 22.6 Å². The van der Waals surface area contributed by atoms with E-state index in [1.54, 1.807) is 23.5 Å². The van der Waals surface area contributed by atoms with Crippen LogP contribution in [0.1, 0.15) is 27.7 Å². The van der Waals surface area contributed by atoms with Crippen LogP contribution in [0.4, 0.5) is 0 Å². The van der Waals surface area contributed by atoms with Gasteiger partial charge in [-0.2, -0.15) is 4.99 Å². The molecule has 1 heterocycles. The van der Waals surface area contributed by atoms with Crippen molar-refractivity contribution in [1.82, 2.24) is 4.57 Å². The van der Waals surface area contributed by atoms with Crippen LogP contribution in [0.25, 0.3) is 11.3 Å². The van der Waals surface area contributed by atoms with E-state index < -0.39 is 0 Å². The molecular weight excluding hydrogens is 316 g/mol. The molecule has 3 nitrogen and oxygen atoms in total. The van der Waals surface area contributed by atoms with Gasteiger partial charge in [-0.25, -0.2) is 0 Å². The molecule has 0 spiro atoms. The molecule has 0 N–H and O–H groups in total. The quantitative estimate of drug-likeness (QED) is 0.688. The number of carbonyl (C=O) groups excluding carboxylic acids is 1. The van der Waals surface area contributed by atoms with Crippen LogP contribution in [-0.4, -0.2) is 10.5 Å². The number of hydrogen-bond donors (Lipinski definition) is 0. The van der Waals surface area contributed by atoms with Crippen molar-refractivity contribution in [3.8, 4) is 11.3 Å². The fourth-order valence-corrected chi connectivity index (χ4v) is 3.76. The van der Waals surface area contributed by atoms with Crippen molar-refractivity contribution in [3.63, 3.8) is 0 Å². The minimum absolute atomic E-state index is 0.200. The van der Waals surface area contributed by atoms with Gasteiger partial charge in [-0.3, -0.25) is 4.79 Å². The standard InChI is InChI=1S/C20H20N2OS/c1-4-22-18(16-12-10-14(2)11-13-16)15(3)24-20(22)21-19(23)17-8-6-5-7-9-17/h5-13H,4H2,1-3H3. The molecule has 0 fully saturated rings. The van der Waals surface area contributed by atoms with E-state index in [9.17, 15) is 4.79 Å². The van der Waals surface area contributed by atoms with Crippen LogP contribution >= 0.6 is 11.3 Å². The highest BCUT2D eigenvalue weighted by molar-refractivity contribution is 7.09. The summed E-state index contributed by atoms with van der Waals surface area (Å²) in [6.07, 6.45) is 0. The van der Waals surface area contributed by atoms with Crippen LogP contribution in [-0.2, 0) is 6.54 Å². The van der Waals surface area contributed by atoms with Crippen LogP contribution in [0.3, 0.4) is 0 Å². The molecule has 0 unspecified atom stereocenters. The Morgan fingerprint density at radius 3 is 2.33 bits per heavy atom. The lowest BCUT2D eigenvalue weighted by Gasteiger charge is -2.08. The second-order valence-corrected chi connectivity index (χ2v) is 6.86. The van der Waals surface area contributed by atoms with Gasteiger partial charge in [0.2, 0.25) is 0 Å². The van der Waals surface area contributed by atoms with E-state index in [-0.39, 0.29) is 5.91 Å². The molecule has 1 amide bonds. The van der Waals surface area contributed by atoms with E-state index in [2.05, 4.69) is 54.6 Å². The van der Waals surface area contributed by atoms with Crippen molar-refractivity contribution in [2.45, 2.75) is 27.3 Å². The van der Waals surface area contributed by atoms with Crippen LogP contribution in [0.15, 0.2) is 59.6 Å². The van der Waals surface area contributed by atoms with Crippen LogP contribution in [0.5, 0.6) is 0 Å². The molecule has 0 aliphatic carbocycles. The maximum atomic E-state index is 12.4. The minimum atomic E-state index is -0.200. The summed E-state index contributed by atoms with van der Waals surface area (Å²) >= 11 is 1.56. The molecule has 0 bridgehead atoms. The zero-order valence-corrected chi connectivity index (χ0v) is 14.9. The Balaban J connectivity index is 2.10. The van der Waals surface area contributed by atoms with E-state index in [1.165, 1.54) is 10.4 Å². The lowest BCUT2D eigenvalue weighted by Crippen LogP contribution is -2.17. The van der Waals surface area contributed by atoms with Crippen molar-refractivity contribution >= 4 is 17.2 Å². The summed E-state index contributed by atoms with van der Waals surface area (Å²) in [6, 6.07) is 17.7. The van der Waals surface area contributed by atoms with Gasteiger partial charge in [-0.1, -0.05) is 48.0 Å². The molecule has 0 atom stereocenters. The molecule has 0 radical (unpaired) electrons. The molecule has 24 heavy (non-hydrogen) atoms. The number of rotatable bonds is 3. The monoisotopic (exact) mass is 336 g/mol. The van der Waals surface area contributed by atoms with Crippen LogP contribution in [0, 0.1) is 13.8 Å². The molecule has 4 heteroatoms. The van der Waals surface area contributed by atoms with Gasteiger partial charge < -0.3 is 4.57 Å². The highest BCUT2D eigenvalue weighted by Crippen LogP contribution is 2.25. The Kier molecular flexibility index (Phi) is 4.76. The summed E-state index contributed by atoms with van der Waals surface area (Å²) in [5.41, 5.74) is 4.15. The number of carbonyl (C=O) groups is 1. The van der Waals surface area contributed by atoms with E-state index in [0.29, 0.717) is 5.56 Å².